The van der Waals surface area contributed by atoms with Crippen molar-refractivity contribution < 1.29 is 9.84 Å². The van der Waals surface area contributed by atoms with Crippen LogP contribution in [0.4, 0.5) is 0 Å². The zero-order chi connectivity index (χ0) is 7.40. The smallest absolute Gasteiger partial charge is 0.0927 e. The lowest BCUT2D eigenvalue weighted by Gasteiger charge is -2.27. The summed E-state index contributed by atoms with van der Waals surface area (Å²) in [6.07, 6.45) is 0.614. The molecular formula is C7H15NO2. The molecule has 3 heteroatoms. The Balaban J connectivity index is 2.25. The molecule has 0 bridgehead atoms. The number of likely N-dealkylation sites (N-methyl/N-ethyl adjacent to an activating group) is 1. The average molecular weight is 145 g/mol. The van der Waals surface area contributed by atoms with E-state index in [9.17, 15) is 5.11 Å². The van der Waals surface area contributed by atoms with Crippen LogP contribution in [0.1, 0.15) is 13.3 Å². The molecule has 10 heavy (non-hydrogen) atoms. The molecule has 0 aromatic heterocycles. The van der Waals surface area contributed by atoms with Gasteiger partial charge in [0.05, 0.1) is 12.7 Å². The fourth-order valence-corrected chi connectivity index (χ4v) is 1.22. The molecule has 0 amide bonds. The lowest BCUT2D eigenvalue weighted by Crippen LogP contribution is -2.46. The van der Waals surface area contributed by atoms with E-state index in [4.69, 9.17) is 4.74 Å². The minimum atomic E-state index is -0.311. The summed E-state index contributed by atoms with van der Waals surface area (Å²) in [5.74, 6) is 0. The molecule has 60 valence electrons. The number of nitrogens with one attached hydrogen (secondary N) is 1. The van der Waals surface area contributed by atoms with Gasteiger partial charge >= 0.3 is 0 Å². The highest BCUT2D eigenvalue weighted by atomic mass is 16.5. The van der Waals surface area contributed by atoms with Crippen LogP contribution in [0.3, 0.4) is 0 Å². The van der Waals surface area contributed by atoms with Crippen molar-refractivity contribution in [1.29, 1.82) is 0 Å². The van der Waals surface area contributed by atoms with Gasteiger partial charge in [-0.1, -0.05) is 6.92 Å². The lowest BCUT2D eigenvalue weighted by molar-refractivity contribution is -0.0271. The van der Waals surface area contributed by atoms with E-state index in [2.05, 4.69) is 5.32 Å². The van der Waals surface area contributed by atoms with Crippen molar-refractivity contribution in [2.24, 2.45) is 0 Å². The van der Waals surface area contributed by atoms with Crippen LogP contribution in [0.25, 0.3) is 0 Å². The second-order valence-corrected chi connectivity index (χ2v) is 2.60. The topological polar surface area (TPSA) is 41.5 Å². The van der Waals surface area contributed by atoms with Crippen LogP contribution in [-0.4, -0.2) is 37.0 Å². The highest BCUT2D eigenvalue weighted by Crippen LogP contribution is 2.06. The molecule has 1 fully saturated rings. The largest absolute Gasteiger partial charge is 0.389 e. The highest BCUT2D eigenvalue weighted by Gasteiger charge is 2.21. The SMILES string of the molecule is CCNC1CCOCC1O. The Hall–Kier alpha value is -0.120. The van der Waals surface area contributed by atoms with Crippen LogP contribution < -0.4 is 5.32 Å². The molecule has 0 aliphatic carbocycles. The fraction of sp³-hybridized carbons (Fsp3) is 1.00. The van der Waals surface area contributed by atoms with Gasteiger partial charge in [0, 0.05) is 12.6 Å². The van der Waals surface area contributed by atoms with Gasteiger partial charge in [0.15, 0.2) is 0 Å². The molecule has 1 aliphatic rings. The van der Waals surface area contributed by atoms with E-state index in [1.807, 2.05) is 6.92 Å². The second kappa shape index (κ2) is 3.91. The monoisotopic (exact) mass is 145 g/mol. The van der Waals surface area contributed by atoms with E-state index in [0.29, 0.717) is 6.61 Å². The lowest BCUT2D eigenvalue weighted by atomic mass is 10.1. The summed E-state index contributed by atoms with van der Waals surface area (Å²) in [6.45, 7) is 4.22. The molecule has 1 aliphatic heterocycles. The van der Waals surface area contributed by atoms with E-state index in [-0.39, 0.29) is 12.1 Å². The maximum absolute atomic E-state index is 9.31. The van der Waals surface area contributed by atoms with E-state index in [0.717, 1.165) is 19.6 Å². The minimum absolute atomic E-state index is 0.249. The van der Waals surface area contributed by atoms with Crippen LogP contribution in [0.5, 0.6) is 0 Å². The first kappa shape index (κ1) is 7.98. The molecule has 3 nitrogen and oxygen atoms in total. The van der Waals surface area contributed by atoms with E-state index in [1.165, 1.54) is 0 Å². The van der Waals surface area contributed by atoms with Gasteiger partial charge in [-0.15, -0.1) is 0 Å². The van der Waals surface area contributed by atoms with Gasteiger partial charge in [0.25, 0.3) is 0 Å². The Morgan fingerprint density at radius 1 is 1.70 bits per heavy atom. The molecule has 1 heterocycles. The molecule has 0 spiro atoms. The van der Waals surface area contributed by atoms with Crippen molar-refractivity contribution in [3.63, 3.8) is 0 Å². The average Bonchev–Trinajstić information content (AvgIpc) is 1.94. The summed E-state index contributed by atoms with van der Waals surface area (Å²) in [4.78, 5) is 0. The summed E-state index contributed by atoms with van der Waals surface area (Å²) in [5, 5.41) is 12.5. The number of hydrogen-bond donors (Lipinski definition) is 2. The first-order valence-corrected chi connectivity index (χ1v) is 3.83. The first-order valence-electron chi connectivity index (χ1n) is 3.83. The number of aliphatic hydroxyl groups is 1. The summed E-state index contributed by atoms with van der Waals surface area (Å²) < 4.78 is 5.07. The summed E-state index contributed by atoms with van der Waals surface area (Å²) in [6, 6.07) is 0.249. The molecule has 0 aromatic rings. The standard InChI is InChI=1S/C7H15NO2/c1-2-8-6-3-4-10-5-7(6)9/h6-9H,2-5H2,1H3. The quantitative estimate of drug-likeness (QED) is 0.563. The van der Waals surface area contributed by atoms with E-state index in [1.54, 1.807) is 0 Å². The normalized spacial score (nSPS) is 34.2. The number of aliphatic hydroxyl groups excluding tert-OH is 1. The first-order chi connectivity index (χ1) is 4.84. The highest BCUT2D eigenvalue weighted by molar-refractivity contribution is 4.77. The van der Waals surface area contributed by atoms with E-state index < -0.39 is 0 Å². The third-order valence-corrected chi connectivity index (χ3v) is 1.79. The van der Waals surface area contributed by atoms with Crippen LogP contribution in [0.15, 0.2) is 0 Å². The summed E-state index contributed by atoms with van der Waals surface area (Å²) in [7, 11) is 0. The molecule has 0 aromatic carbocycles. The second-order valence-electron chi connectivity index (χ2n) is 2.60. The van der Waals surface area contributed by atoms with Crippen LogP contribution >= 0.6 is 0 Å². The van der Waals surface area contributed by atoms with E-state index >= 15 is 0 Å². The van der Waals surface area contributed by atoms with Crippen molar-refractivity contribution in [2.75, 3.05) is 19.8 Å². The van der Waals surface area contributed by atoms with Gasteiger partial charge in [-0.3, -0.25) is 0 Å². The summed E-state index contributed by atoms with van der Waals surface area (Å²) in [5.41, 5.74) is 0. The summed E-state index contributed by atoms with van der Waals surface area (Å²) >= 11 is 0. The molecule has 2 unspecified atom stereocenters. The number of ether oxygens (including phenoxy) is 1. The van der Waals surface area contributed by atoms with Gasteiger partial charge in [-0.25, -0.2) is 0 Å². The van der Waals surface area contributed by atoms with Crippen molar-refractivity contribution in [2.45, 2.75) is 25.5 Å². The number of hydrogen-bond acceptors (Lipinski definition) is 3. The Kier molecular flexibility index (Phi) is 3.12. The van der Waals surface area contributed by atoms with Crippen molar-refractivity contribution >= 4 is 0 Å². The van der Waals surface area contributed by atoms with Crippen molar-refractivity contribution in [3.8, 4) is 0 Å². The maximum Gasteiger partial charge on any atom is 0.0927 e. The third-order valence-electron chi connectivity index (χ3n) is 1.79. The number of rotatable bonds is 2. The third kappa shape index (κ3) is 1.94. The molecule has 1 rings (SSSR count). The fourth-order valence-electron chi connectivity index (χ4n) is 1.22. The zero-order valence-corrected chi connectivity index (χ0v) is 6.34. The van der Waals surface area contributed by atoms with Crippen LogP contribution in [-0.2, 0) is 4.74 Å². The Labute approximate surface area is 61.4 Å². The molecule has 2 N–H and O–H groups in total. The van der Waals surface area contributed by atoms with Crippen molar-refractivity contribution in [3.05, 3.63) is 0 Å². The van der Waals surface area contributed by atoms with Crippen molar-refractivity contribution in [1.82, 2.24) is 5.32 Å². The predicted octanol–water partition coefficient (Wildman–Crippen LogP) is -0.254. The van der Waals surface area contributed by atoms with Crippen LogP contribution in [0, 0.1) is 0 Å². The van der Waals surface area contributed by atoms with Crippen LogP contribution in [0.2, 0.25) is 0 Å². The van der Waals surface area contributed by atoms with Gasteiger partial charge in [0.2, 0.25) is 0 Å². The molecule has 0 saturated carbocycles. The molecule has 0 radical (unpaired) electrons. The Morgan fingerprint density at radius 2 is 2.50 bits per heavy atom. The Morgan fingerprint density at radius 3 is 3.10 bits per heavy atom. The van der Waals surface area contributed by atoms with Gasteiger partial charge in [0.1, 0.15) is 0 Å². The van der Waals surface area contributed by atoms with Gasteiger partial charge < -0.3 is 15.2 Å². The van der Waals surface area contributed by atoms with Gasteiger partial charge in [-0.2, -0.15) is 0 Å². The zero-order valence-electron chi connectivity index (χ0n) is 6.34. The molecule has 2 atom stereocenters. The maximum atomic E-state index is 9.31. The van der Waals surface area contributed by atoms with Gasteiger partial charge in [-0.05, 0) is 13.0 Å². The Bertz CT molecular complexity index is 95.6. The predicted molar refractivity (Wildman–Crippen MR) is 38.9 cm³/mol. The molecular weight excluding hydrogens is 130 g/mol. The molecule has 1 saturated heterocycles. The minimum Gasteiger partial charge on any atom is -0.389 e.